The van der Waals surface area contributed by atoms with Gasteiger partial charge in [-0.3, -0.25) is 5.41 Å². The first-order valence-electron chi connectivity index (χ1n) is 8.90. The highest BCUT2D eigenvalue weighted by molar-refractivity contribution is 6.07. The van der Waals surface area contributed by atoms with E-state index in [1.54, 1.807) is 39.0 Å². The summed E-state index contributed by atoms with van der Waals surface area (Å²) in [6.07, 6.45) is 1.08. The van der Waals surface area contributed by atoms with Crippen molar-refractivity contribution in [1.29, 1.82) is 5.41 Å². The number of rotatable bonds is 9. The van der Waals surface area contributed by atoms with Gasteiger partial charge in [-0.2, -0.15) is 0 Å². The number of ether oxygens (including phenoxy) is 3. The zero-order valence-corrected chi connectivity index (χ0v) is 16.4. The maximum Gasteiger partial charge on any atom is 0.407 e. The van der Waals surface area contributed by atoms with Crippen LogP contribution in [-0.4, -0.2) is 43.3 Å². The molecule has 1 aromatic carbocycles. The highest BCUT2D eigenvalue weighted by Gasteiger charge is 2.21. The van der Waals surface area contributed by atoms with Gasteiger partial charge in [0, 0.05) is 5.56 Å². The molecule has 0 atom stereocenters. The number of amidine groups is 1. The minimum atomic E-state index is -0.593. The number of hydrogen-bond acceptors (Lipinski definition) is 6. The highest BCUT2D eigenvalue weighted by atomic mass is 16.6. The molecule has 1 rings (SSSR count). The number of unbranched alkanes of at least 4 members (excludes halogenated alkanes) is 1. The van der Waals surface area contributed by atoms with Crippen molar-refractivity contribution >= 4 is 17.9 Å². The Bertz CT molecular complexity index is 668. The number of nitrogens with two attached hydrogens (primary N) is 1. The molecule has 0 saturated carbocycles. The normalized spacial score (nSPS) is 10.8. The lowest BCUT2D eigenvalue weighted by Gasteiger charge is -2.20. The van der Waals surface area contributed by atoms with E-state index < -0.39 is 17.7 Å². The largest absolute Gasteiger partial charge is 0.491 e. The summed E-state index contributed by atoms with van der Waals surface area (Å²) in [5, 5.41) is 10.2. The Labute approximate surface area is 159 Å². The fourth-order valence-corrected chi connectivity index (χ4v) is 2.10. The van der Waals surface area contributed by atoms with Crippen molar-refractivity contribution in [3.8, 4) is 5.75 Å². The highest BCUT2D eigenvalue weighted by Crippen LogP contribution is 2.23. The van der Waals surface area contributed by atoms with E-state index >= 15 is 0 Å². The van der Waals surface area contributed by atoms with Crippen LogP contribution in [0.1, 0.15) is 56.5 Å². The van der Waals surface area contributed by atoms with E-state index in [0.717, 1.165) is 12.8 Å². The molecule has 4 N–H and O–H groups in total. The molecule has 0 aliphatic heterocycles. The molecular weight excluding hydrogens is 350 g/mol. The van der Waals surface area contributed by atoms with Gasteiger partial charge in [-0.05, 0) is 33.3 Å². The number of nitrogen functional groups attached to an aromatic ring is 1. The van der Waals surface area contributed by atoms with Gasteiger partial charge in [0.05, 0.1) is 13.2 Å². The molecule has 0 aliphatic carbocycles. The van der Waals surface area contributed by atoms with Crippen molar-refractivity contribution < 1.29 is 23.8 Å². The SMILES string of the molecule is CCCCOC(=O)c1c(OCCNC(=O)OC(C)(C)C)cccc1C(=N)N. The maximum atomic E-state index is 12.4. The van der Waals surface area contributed by atoms with Gasteiger partial charge < -0.3 is 25.3 Å². The topological polar surface area (TPSA) is 124 Å². The van der Waals surface area contributed by atoms with E-state index in [1.165, 1.54) is 0 Å². The van der Waals surface area contributed by atoms with Crippen LogP contribution in [-0.2, 0) is 9.47 Å². The summed E-state index contributed by atoms with van der Waals surface area (Å²) in [7, 11) is 0. The van der Waals surface area contributed by atoms with Crippen LogP contribution in [0.3, 0.4) is 0 Å². The molecular formula is C19H29N3O5. The number of esters is 1. The van der Waals surface area contributed by atoms with Gasteiger partial charge in [0.25, 0.3) is 0 Å². The smallest absolute Gasteiger partial charge is 0.407 e. The van der Waals surface area contributed by atoms with Crippen molar-refractivity contribution in [3.05, 3.63) is 29.3 Å². The molecule has 0 aliphatic rings. The summed E-state index contributed by atoms with van der Waals surface area (Å²) in [5.74, 6) is -0.602. The molecule has 0 aromatic heterocycles. The Morgan fingerprint density at radius 2 is 1.93 bits per heavy atom. The van der Waals surface area contributed by atoms with Gasteiger partial charge in [0.1, 0.15) is 29.4 Å². The van der Waals surface area contributed by atoms with Crippen LogP contribution in [0.4, 0.5) is 4.79 Å². The summed E-state index contributed by atoms with van der Waals surface area (Å²) < 4.78 is 16.0. The van der Waals surface area contributed by atoms with Crippen LogP contribution in [0.2, 0.25) is 0 Å². The van der Waals surface area contributed by atoms with E-state index in [9.17, 15) is 9.59 Å². The number of hydrogen-bond donors (Lipinski definition) is 3. The average molecular weight is 379 g/mol. The minimum absolute atomic E-state index is 0.107. The predicted octanol–water partition coefficient (Wildman–Crippen LogP) is 2.83. The van der Waals surface area contributed by atoms with Gasteiger partial charge in [-0.1, -0.05) is 25.5 Å². The number of carbonyl (C=O) groups excluding carboxylic acids is 2. The van der Waals surface area contributed by atoms with E-state index in [-0.39, 0.29) is 42.5 Å². The van der Waals surface area contributed by atoms with E-state index in [0.29, 0.717) is 0 Å². The van der Waals surface area contributed by atoms with Crippen LogP contribution >= 0.6 is 0 Å². The summed E-state index contributed by atoms with van der Waals surface area (Å²) in [6, 6.07) is 4.79. The van der Waals surface area contributed by atoms with Gasteiger partial charge in [-0.15, -0.1) is 0 Å². The fraction of sp³-hybridized carbons (Fsp3) is 0.526. The molecule has 0 unspecified atom stereocenters. The molecule has 0 fully saturated rings. The van der Waals surface area contributed by atoms with Crippen LogP contribution in [0.5, 0.6) is 5.75 Å². The molecule has 1 aromatic rings. The molecule has 0 bridgehead atoms. The maximum absolute atomic E-state index is 12.4. The standard InChI is InChI=1S/C19H29N3O5/c1-5-6-11-26-17(23)15-13(16(20)21)8-7-9-14(15)25-12-10-22-18(24)27-19(2,3)4/h7-9H,5-6,10-12H2,1-4H3,(H3,20,21)(H,22,24). The third kappa shape index (κ3) is 7.98. The average Bonchev–Trinajstić information content (AvgIpc) is 2.56. The van der Waals surface area contributed by atoms with Crippen molar-refractivity contribution in [2.75, 3.05) is 19.8 Å². The zero-order valence-electron chi connectivity index (χ0n) is 16.4. The molecule has 0 saturated heterocycles. The summed E-state index contributed by atoms with van der Waals surface area (Å²) >= 11 is 0. The Hall–Kier alpha value is -2.77. The lowest BCUT2D eigenvalue weighted by Crippen LogP contribution is -2.34. The number of benzene rings is 1. The number of carbonyl (C=O) groups is 2. The minimum Gasteiger partial charge on any atom is -0.491 e. The summed E-state index contributed by atoms with van der Waals surface area (Å²) in [4.78, 5) is 24.0. The molecule has 8 nitrogen and oxygen atoms in total. The summed E-state index contributed by atoms with van der Waals surface area (Å²) in [5.41, 5.74) is 5.34. The predicted molar refractivity (Wildman–Crippen MR) is 102 cm³/mol. The first-order valence-corrected chi connectivity index (χ1v) is 8.90. The molecule has 8 heteroatoms. The fourth-order valence-electron chi connectivity index (χ4n) is 2.10. The second-order valence-electron chi connectivity index (χ2n) is 6.86. The van der Waals surface area contributed by atoms with Crippen LogP contribution in [0.25, 0.3) is 0 Å². The monoisotopic (exact) mass is 379 g/mol. The number of alkyl carbamates (subject to hydrolysis) is 1. The molecule has 0 heterocycles. The lowest BCUT2D eigenvalue weighted by atomic mass is 10.1. The van der Waals surface area contributed by atoms with Crippen molar-refractivity contribution in [1.82, 2.24) is 5.32 Å². The summed E-state index contributed by atoms with van der Waals surface area (Å²) in [6.45, 7) is 7.87. The Morgan fingerprint density at radius 3 is 2.52 bits per heavy atom. The molecule has 0 radical (unpaired) electrons. The zero-order chi connectivity index (χ0) is 20.4. The van der Waals surface area contributed by atoms with Gasteiger partial charge in [-0.25, -0.2) is 9.59 Å². The third-order valence-electron chi connectivity index (χ3n) is 3.28. The second kappa shape index (κ2) is 10.4. The quantitative estimate of drug-likeness (QED) is 0.262. The lowest BCUT2D eigenvalue weighted by molar-refractivity contribution is 0.0485. The Kier molecular flexibility index (Phi) is 8.58. The van der Waals surface area contributed by atoms with Gasteiger partial charge in [0.15, 0.2) is 0 Å². The van der Waals surface area contributed by atoms with E-state index in [1.807, 2.05) is 6.92 Å². The van der Waals surface area contributed by atoms with Crippen LogP contribution in [0, 0.1) is 5.41 Å². The second-order valence-corrected chi connectivity index (χ2v) is 6.86. The first-order chi connectivity index (χ1) is 12.7. The Morgan fingerprint density at radius 1 is 1.22 bits per heavy atom. The van der Waals surface area contributed by atoms with Gasteiger partial charge in [0.2, 0.25) is 0 Å². The third-order valence-corrected chi connectivity index (χ3v) is 3.28. The molecule has 0 spiro atoms. The first kappa shape index (κ1) is 22.3. The number of nitrogens with one attached hydrogen (secondary N) is 2. The van der Waals surface area contributed by atoms with Crippen molar-refractivity contribution in [2.45, 2.75) is 46.1 Å². The Balaban J connectivity index is 2.76. The molecule has 150 valence electrons. The van der Waals surface area contributed by atoms with Crippen LogP contribution in [0.15, 0.2) is 18.2 Å². The van der Waals surface area contributed by atoms with Crippen molar-refractivity contribution in [2.24, 2.45) is 5.73 Å². The molecule has 27 heavy (non-hydrogen) atoms. The van der Waals surface area contributed by atoms with E-state index in [2.05, 4.69) is 5.32 Å². The van der Waals surface area contributed by atoms with Crippen LogP contribution < -0.4 is 15.8 Å². The van der Waals surface area contributed by atoms with Crippen molar-refractivity contribution in [3.63, 3.8) is 0 Å². The molecule has 1 amide bonds. The number of amides is 1. The van der Waals surface area contributed by atoms with Gasteiger partial charge >= 0.3 is 12.1 Å². The van der Waals surface area contributed by atoms with E-state index in [4.69, 9.17) is 25.4 Å².